The summed E-state index contributed by atoms with van der Waals surface area (Å²) in [5.74, 6) is -0.558. The number of aromatic nitrogens is 4. The van der Waals surface area contributed by atoms with Crippen molar-refractivity contribution in [2.24, 2.45) is 0 Å². The van der Waals surface area contributed by atoms with Gasteiger partial charge in [0.05, 0.1) is 39.8 Å². The monoisotopic (exact) mass is 552 g/mol. The zero-order valence-electron chi connectivity index (χ0n) is 21.6. The van der Waals surface area contributed by atoms with Crippen LogP contribution >= 0.6 is 0 Å². The van der Waals surface area contributed by atoms with E-state index in [1.54, 1.807) is 31.5 Å². The molecular formula is C26H29FN8O3S. The first-order valence-electron chi connectivity index (χ1n) is 12.8. The molecule has 4 heterocycles. The molecule has 2 aliphatic rings. The van der Waals surface area contributed by atoms with Gasteiger partial charge in [-0.1, -0.05) is 0 Å². The number of benzene rings is 1. The lowest BCUT2D eigenvalue weighted by Gasteiger charge is -2.31. The van der Waals surface area contributed by atoms with Gasteiger partial charge in [-0.05, 0) is 57.1 Å². The SMILES string of the molecule is Cc1c(Nc2ccc(S(=O)(=O)N3CCN(C)CC3)cc2F)nc2ccc(Nc3cnn(C4CC4)c3)cn2c1=O. The predicted molar refractivity (Wildman–Crippen MR) is 146 cm³/mol. The van der Waals surface area contributed by atoms with Gasteiger partial charge in [0.15, 0.2) is 0 Å². The Morgan fingerprint density at radius 1 is 1.00 bits per heavy atom. The fourth-order valence-corrected chi connectivity index (χ4v) is 6.03. The molecule has 11 nitrogen and oxygen atoms in total. The fraction of sp³-hybridized carbons (Fsp3) is 0.346. The number of nitrogens with one attached hydrogen (secondary N) is 2. The van der Waals surface area contributed by atoms with Crippen molar-refractivity contribution in [1.29, 1.82) is 0 Å². The normalized spacial score (nSPS) is 17.0. The van der Waals surface area contributed by atoms with Gasteiger partial charge in [0.1, 0.15) is 17.3 Å². The molecule has 13 heteroatoms. The van der Waals surface area contributed by atoms with E-state index in [1.807, 2.05) is 22.8 Å². The zero-order chi connectivity index (χ0) is 27.3. The summed E-state index contributed by atoms with van der Waals surface area (Å²) in [6, 6.07) is 7.69. The minimum absolute atomic E-state index is 0.0256. The minimum atomic E-state index is -3.81. The quantitative estimate of drug-likeness (QED) is 0.359. The van der Waals surface area contributed by atoms with Gasteiger partial charge in [-0.25, -0.2) is 17.8 Å². The van der Waals surface area contributed by atoms with Gasteiger partial charge in [0, 0.05) is 38.6 Å². The number of hydrogen-bond acceptors (Lipinski definition) is 8. The van der Waals surface area contributed by atoms with E-state index in [9.17, 15) is 13.2 Å². The third-order valence-corrected chi connectivity index (χ3v) is 9.05. The second-order valence-electron chi connectivity index (χ2n) is 10.1. The largest absolute Gasteiger partial charge is 0.352 e. The van der Waals surface area contributed by atoms with Crippen molar-refractivity contribution >= 4 is 38.6 Å². The number of anilines is 4. The van der Waals surface area contributed by atoms with Crippen LogP contribution in [0.15, 0.2) is 58.6 Å². The van der Waals surface area contributed by atoms with Crippen LogP contribution in [0.1, 0.15) is 24.4 Å². The number of likely N-dealkylation sites (N-methyl/N-ethyl adjacent to an activating group) is 1. The molecule has 0 unspecified atom stereocenters. The molecule has 1 saturated heterocycles. The smallest absolute Gasteiger partial charge is 0.262 e. The number of fused-ring (bicyclic) bond motifs is 1. The van der Waals surface area contributed by atoms with Crippen molar-refractivity contribution in [1.82, 2.24) is 28.4 Å². The minimum Gasteiger partial charge on any atom is -0.352 e. The van der Waals surface area contributed by atoms with Crippen LogP contribution in [0, 0.1) is 12.7 Å². The summed E-state index contributed by atoms with van der Waals surface area (Å²) >= 11 is 0. The van der Waals surface area contributed by atoms with E-state index in [0.717, 1.165) is 24.6 Å². The Morgan fingerprint density at radius 3 is 2.49 bits per heavy atom. The highest BCUT2D eigenvalue weighted by molar-refractivity contribution is 7.89. The lowest BCUT2D eigenvalue weighted by Crippen LogP contribution is -2.47. The highest BCUT2D eigenvalue weighted by Gasteiger charge is 2.28. The molecular weight excluding hydrogens is 523 g/mol. The van der Waals surface area contributed by atoms with E-state index < -0.39 is 15.8 Å². The van der Waals surface area contributed by atoms with Crippen molar-refractivity contribution in [2.75, 3.05) is 43.9 Å². The Hall–Kier alpha value is -3.81. The Labute approximate surface area is 224 Å². The van der Waals surface area contributed by atoms with Crippen LogP contribution in [0.5, 0.6) is 0 Å². The van der Waals surface area contributed by atoms with E-state index in [1.165, 1.54) is 20.8 Å². The molecule has 0 atom stereocenters. The lowest BCUT2D eigenvalue weighted by atomic mass is 10.2. The molecule has 1 aliphatic carbocycles. The third-order valence-electron chi connectivity index (χ3n) is 7.15. The topological polar surface area (TPSA) is 117 Å². The molecule has 3 aromatic heterocycles. The number of pyridine rings is 1. The average molecular weight is 553 g/mol. The number of piperazine rings is 1. The Kier molecular flexibility index (Phi) is 6.36. The van der Waals surface area contributed by atoms with Crippen molar-refractivity contribution in [3.05, 3.63) is 70.7 Å². The summed E-state index contributed by atoms with van der Waals surface area (Å²) in [6.45, 7) is 3.55. The molecule has 6 rings (SSSR count). The molecule has 0 radical (unpaired) electrons. The van der Waals surface area contributed by atoms with Crippen LogP contribution in [0.4, 0.5) is 27.3 Å². The van der Waals surface area contributed by atoms with Gasteiger partial charge in [-0.15, -0.1) is 0 Å². The van der Waals surface area contributed by atoms with Gasteiger partial charge in [0.2, 0.25) is 10.0 Å². The standard InChI is InChI=1S/C26H29FN8O3S/c1-17-25(30-23-7-6-21(13-22(23)27)39(37,38)33-11-9-32(2)10-12-33)31-24-8-3-18(15-34(24)26(17)36)29-19-14-28-35(16-19)20-4-5-20/h3,6-8,13-16,20,29-30H,4-5,9-12H2,1-2H3. The molecule has 0 bridgehead atoms. The van der Waals surface area contributed by atoms with Crippen LogP contribution in [0.25, 0.3) is 5.65 Å². The van der Waals surface area contributed by atoms with Crippen molar-refractivity contribution < 1.29 is 12.8 Å². The molecule has 1 aliphatic heterocycles. The molecule has 4 aromatic rings. The average Bonchev–Trinajstić information content (AvgIpc) is 3.67. The van der Waals surface area contributed by atoms with Gasteiger partial charge < -0.3 is 15.5 Å². The summed E-state index contributed by atoms with van der Waals surface area (Å²) in [6.07, 6.45) is 7.62. The van der Waals surface area contributed by atoms with Crippen LogP contribution < -0.4 is 16.2 Å². The molecule has 2 fully saturated rings. The molecule has 1 saturated carbocycles. The summed E-state index contributed by atoms with van der Waals surface area (Å²) in [5.41, 5.74) is 1.91. The van der Waals surface area contributed by atoms with E-state index in [2.05, 4.69) is 20.7 Å². The zero-order valence-corrected chi connectivity index (χ0v) is 22.4. The maximum Gasteiger partial charge on any atom is 0.262 e. The second-order valence-corrected chi connectivity index (χ2v) is 12.0. The molecule has 1 aromatic carbocycles. The summed E-state index contributed by atoms with van der Waals surface area (Å²) in [7, 11) is -1.88. The highest BCUT2D eigenvalue weighted by atomic mass is 32.2. The van der Waals surface area contributed by atoms with E-state index in [-0.39, 0.29) is 22.0 Å². The van der Waals surface area contributed by atoms with Crippen LogP contribution in [-0.2, 0) is 10.0 Å². The number of halogens is 1. The molecule has 0 spiro atoms. The maximum absolute atomic E-state index is 15.1. The first-order chi connectivity index (χ1) is 18.7. The summed E-state index contributed by atoms with van der Waals surface area (Å²) in [5, 5.41) is 10.5. The lowest BCUT2D eigenvalue weighted by molar-refractivity contribution is 0.222. The second kappa shape index (κ2) is 9.74. The van der Waals surface area contributed by atoms with Crippen LogP contribution in [0.2, 0.25) is 0 Å². The first kappa shape index (κ1) is 25.5. The molecule has 0 amide bonds. The Balaban J connectivity index is 1.23. The Bertz CT molecular complexity index is 1720. The number of hydrogen-bond donors (Lipinski definition) is 2. The Morgan fingerprint density at radius 2 is 1.77 bits per heavy atom. The van der Waals surface area contributed by atoms with Crippen LogP contribution in [0.3, 0.4) is 0 Å². The molecule has 204 valence electrons. The number of nitrogens with zero attached hydrogens (tertiary/aromatic N) is 6. The molecule has 2 N–H and O–H groups in total. The van der Waals surface area contributed by atoms with Crippen molar-refractivity contribution in [3.8, 4) is 0 Å². The predicted octanol–water partition coefficient (Wildman–Crippen LogP) is 3.10. The number of rotatable bonds is 7. The van der Waals surface area contributed by atoms with Gasteiger partial charge in [-0.3, -0.25) is 13.9 Å². The third kappa shape index (κ3) is 5.00. The fourth-order valence-electron chi connectivity index (χ4n) is 4.59. The summed E-state index contributed by atoms with van der Waals surface area (Å²) in [4.78, 5) is 19.6. The summed E-state index contributed by atoms with van der Waals surface area (Å²) < 4.78 is 45.8. The van der Waals surface area contributed by atoms with E-state index in [4.69, 9.17) is 0 Å². The maximum atomic E-state index is 15.1. The highest BCUT2D eigenvalue weighted by Crippen LogP contribution is 2.35. The van der Waals surface area contributed by atoms with Crippen molar-refractivity contribution in [3.63, 3.8) is 0 Å². The molecule has 39 heavy (non-hydrogen) atoms. The van der Waals surface area contributed by atoms with Gasteiger partial charge in [-0.2, -0.15) is 9.40 Å². The van der Waals surface area contributed by atoms with E-state index >= 15 is 4.39 Å². The first-order valence-corrected chi connectivity index (χ1v) is 14.2. The van der Waals surface area contributed by atoms with Crippen molar-refractivity contribution in [2.45, 2.75) is 30.7 Å². The van der Waals surface area contributed by atoms with E-state index in [0.29, 0.717) is 49.1 Å². The number of sulfonamides is 1. The van der Waals surface area contributed by atoms with Crippen LogP contribution in [-0.4, -0.2) is 70.0 Å². The van der Waals surface area contributed by atoms with Gasteiger partial charge >= 0.3 is 0 Å². The van der Waals surface area contributed by atoms with Gasteiger partial charge in [0.25, 0.3) is 5.56 Å².